The zero-order chi connectivity index (χ0) is 15.4. The van der Waals surface area contributed by atoms with Gasteiger partial charge in [0.15, 0.2) is 0 Å². The molecule has 0 saturated carbocycles. The topological polar surface area (TPSA) is 66.0 Å². The van der Waals surface area contributed by atoms with E-state index in [2.05, 4.69) is 5.32 Å². The number of nitrogens with zero attached hydrogens (tertiary/aromatic N) is 1. The van der Waals surface area contributed by atoms with Gasteiger partial charge in [-0.3, -0.25) is 4.79 Å². The van der Waals surface area contributed by atoms with E-state index in [1.54, 1.807) is 19.1 Å². The van der Waals surface area contributed by atoms with E-state index in [0.29, 0.717) is 11.4 Å². The van der Waals surface area contributed by atoms with Gasteiger partial charge in [-0.15, -0.1) is 0 Å². The van der Waals surface area contributed by atoms with Crippen LogP contribution in [-0.2, 0) is 4.79 Å². The van der Waals surface area contributed by atoms with E-state index in [0.717, 1.165) is 16.9 Å². The normalized spacial score (nSPS) is 11.0. The minimum Gasteiger partial charge on any atom is -0.462 e. The van der Waals surface area contributed by atoms with Crippen molar-refractivity contribution in [2.45, 2.75) is 20.8 Å². The van der Waals surface area contributed by atoms with Gasteiger partial charge in [-0.1, -0.05) is 12.1 Å². The van der Waals surface area contributed by atoms with Gasteiger partial charge in [0.25, 0.3) is 5.91 Å². The molecule has 4 nitrogen and oxygen atoms in total. The number of carbonyl (C=O) groups excluding carboxylic acids is 1. The molecule has 2 rings (SSSR count). The highest BCUT2D eigenvalue weighted by molar-refractivity contribution is 6.09. The summed E-state index contributed by atoms with van der Waals surface area (Å²) in [5.74, 6) is 0.772. The number of rotatable bonds is 3. The molecule has 0 spiro atoms. The second-order valence-electron chi connectivity index (χ2n) is 4.89. The lowest BCUT2D eigenvalue weighted by atomic mass is 10.1. The van der Waals surface area contributed by atoms with E-state index in [1.165, 1.54) is 6.08 Å². The van der Waals surface area contributed by atoms with Crippen molar-refractivity contribution in [3.63, 3.8) is 0 Å². The van der Waals surface area contributed by atoms with Crippen LogP contribution in [0.3, 0.4) is 0 Å². The van der Waals surface area contributed by atoms with Crippen LogP contribution in [0.4, 0.5) is 5.69 Å². The van der Waals surface area contributed by atoms with Crippen LogP contribution in [-0.4, -0.2) is 5.91 Å². The smallest absolute Gasteiger partial charge is 0.266 e. The molecule has 0 radical (unpaired) electrons. The van der Waals surface area contributed by atoms with Crippen molar-refractivity contribution in [3.05, 3.63) is 58.6 Å². The van der Waals surface area contributed by atoms with Gasteiger partial charge in [0, 0.05) is 11.8 Å². The molecule has 0 aliphatic heterocycles. The number of benzene rings is 1. The average Bonchev–Trinajstić information content (AvgIpc) is 2.85. The highest BCUT2D eigenvalue weighted by Gasteiger charge is 2.12. The Morgan fingerprint density at radius 2 is 2.00 bits per heavy atom. The van der Waals surface area contributed by atoms with Crippen LogP contribution in [0.5, 0.6) is 0 Å². The van der Waals surface area contributed by atoms with Crippen LogP contribution in [0.1, 0.15) is 22.6 Å². The van der Waals surface area contributed by atoms with E-state index in [4.69, 9.17) is 9.68 Å². The van der Waals surface area contributed by atoms with Crippen molar-refractivity contribution in [1.82, 2.24) is 0 Å². The lowest BCUT2D eigenvalue weighted by Gasteiger charge is -2.08. The van der Waals surface area contributed by atoms with E-state index in [9.17, 15) is 4.79 Å². The minimum atomic E-state index is -0.444. The van der Waals surface area contributed by atoms with Gasteiger partial charge in [-0.2, -0.15) is 5.26 Å². The first kappa shape index (κ1) is 14.6. The summed E-state index contributed by atoms with van der Waals surface area (Å²) in [5.41, 5.74) is 2.70. The molecule has 0 fully saturated rings. The summed E-state index contributed by atoms with van der Waals surface area (Å²) in [5, 5.41) is 11.9. The highest BCUT2D eigenvalue weighted by atomic mass is 16.3. The monoisotopic (exact) mass is 280 g/mol. The van der Waals surface area contributed by atoms with Crippen molar-refractivity contribution in [1.29, 1.82) is 5.26 Å². The third kappa shape index (κ3) is 3.61. The summed E-state index contributed by atoms with van der Waals surface area (Å²) in [6, 6.07) is 11.2. The first-order valence-corrected chi connectivity index (χ1v) is 6.56. The predicted octanol–water partition coefficient (Wildman–Crippen LogP) is 3.75. The molecule has 1 aromatic heterocycles. The molecule has 0 aliphatic rings. The second kappa shape index (κ2) is 6.10. The van der Waals surface area contributed by atoms with Crippen LogP contribution in [0, 0.1) is 32.1 Å². The number of aryl methyl sites for hydroxylation is 3. The van der Waals surface area contributed by atoms with Crippen LogP contribution in [0.2, 0.25) is 0 Å². The fourth-order valence-corrected chi connectivity index (χ4v) is 1.88. The van der Waals surface area contributed by atoms with E-state index < -0.39 is 5.91 Å². The van der Waals surface area contributed by atoms with Gasteiger partial charge < -0.3 is 9.73 Å². The second-order valence-corrected chi connectivity index (χ2v) is 4.89. The van der Waals surface area contributed by atoms with Gasteiger partial charge in [-0.05, 0) is 50.1 Å². The van der Waals surface area contributed by atoms with Gasteiger partial charge in [0.1, 0.15) is 23.2 Å². The molecule has 0 saturated heterocycles. The molecular weight excluding hydrogens is 264 g/mol. The third-order valence-electron chi connectivity index (χ3n) is 3.05. The van der Waals surface area contributed by atoms with Crippen LogP contribution in [0.15, 0.2) is 40.3 Å². The highest BCUT2D eigenvalue weighted by Crippen LogP contribution is 2.18. The van der Waals surface area contributed by atoms with Crippen molar-refractivity contribution < 1.29 is 9.21 Å². The van der Waals surface area contributed by atoms with Crippen molar-refractivity contribution in [2.24, 2.45) is 0 Å². The SMILES string of the molecule is Cc1ccc(C)c(NC(=O)/C(C#N)=C\c2ccc(C)o2)c1. The standard InChI is InChI=1S/C17H16N2O2/c1-11-4-5-12(2)16(8-11)19-17(20)14(10-18)9-15-7-6-13(3)21-15/h4-9H,1-3H3,(H,19,20)/b14-9-. The van der Waals surface area contributed by atoms with Crippen molar-refractivity contribution in [3.8, 4) is 6.07 Å². The number of carbonyl (C=O) groups is 1. The molecule has 1 N–H and O–H groups in total. The van der Waals surface area contributed by atoms with Crippen LogP contribution in [0.25, 0.3) is 6.08 Å². The Bertz CT molecular complexity index is 748. The summed E-state index contributed by atoms with van der Waals surface area (Å²) in [6.45, 7) is 5.65. The molecule has 1 aromatic carbocycles. The lowest BCUT2D eigenvalue weighted by molar-refractivity contribution is -0.112. The first-order valence-electron chi connectivity index (χ1n) is 6.56. The van der Waals surface area contributed by atoms with Crippen molar-refractivity contribution >= 4 is 17.7 Å². The fourth-order valence-electron chi connectivity index (χ4n) is 1.88. The molecule has 1 heterocycles. The molecule has 0 bridgehead atoms. The molecule has 0 aliphatic carbocycles. The van der Waals surface area contributed by atoms with E-state index >= 15 is 0 Å². The number of hydrogen-bond donors (Lipinski definition) is 1. The Balaban J connectivity index is 2.23. The quantitative estimate of drug-likeness (QED) is 0.687. The molecule has 2 aromatic rings. The first-order chi connectivity index (χ1) is 9.99. The lowest BCUT2D eigenvalue weighted by Crippen LogP contribution is -2.14. The van der Waals surface area contributed by atoms with E-state index in [-0.39, 0.29) is 5.57 Å². The molecule has 0 unspecified atom stereocenters. The summed E-state index contributed by atoms with van der Waals surface area (Å²) in [7, 11) is 0. The molecule has 106 valence electrons. The number of nitrogens with one attached hydrogen (secondary N) is 1. The van der Waals surface area contributed by atoms with Gasteiger partial charge in [0.2, 0.25) is 0 Å². The summed E-state index contributed by atoms with van der Waals surface area (Å²) in [6.07, 6.45) is 1.44. The zero-order valence-electron chi connectivity index (χ0n) is 12.2. The number of anilines is 1. The summed E-state index contributed by atoms with van der Waals surface area (Å²) < 4.78 is 5.35. The Hall–Kier alpha value is -2.80. The maximum atomic E-state index is 12.2. The largest absolute Gasteiger partial charge is 0.462 e. The Morgan fingerprint density at radius 1 is 1.24 bits per heavy atom. The Kier molecular flexibility index (Phi) is 4.24. The van der Waals surface area contributed by atoms with Crippen LogP contribution < -0.4 is 5.32 Å². The predicted molar refractivity (Wildman–Crippen MR) is 81.6 cm³/mol. The molecule has 1 amide bonds. The molecular formula is C17H16N2O2. The maximum absolute atomic E-state index is 12.2. The minimum absolute atomic E-state index is 0.00487. The molecule has 21 heavy (non-hydrogen) atoms. The van der Waals surface area contributed by atoms with Gasteiger partial charge in [0.05, 0.1) is 0 Å². The zero-order valence-corrected chi connectivity index (χ0v) is 12.2. The Morgan fingerprint density at radius 3 is 2.62 bits per heavy atom. The number of nitriles is 1. The van der Waals surface area contributed by atoms with Gasteiger partial charge >= 0.3 is 0 Å². The number of furan rings is 1. The third-order valence-corrected chi connectivity index (χ3v) is 3.05. The van der Waals surface area contributed by atoms with Gasteiger partial charge in [-0.25, -0.2) is 0 Å². The average molecular weight is 280 g/mol. The van der Waals surface area contributed by atoms with Crippen LogP contribution >= 0.6 is 0 Å². The maximum Gasteiger partial charge on any atom is 0.266 e. The molecule has 0 atom stereocenters. The summed E-state index contributed by atoms with van der Waals surface area (Å²) in [4.78, 5) is 12.2. The Labute approximate surface area is 123 Å². The van der Waals surface area contributed by atoms with Crippen molar-refractivity contribution in [2.75, 3.05) is 5.32 Å². The summed E-state index contributed by atoms with van der Waals surface area (Å²) >= 11 is 0. The number of hydrogen-bond acceptors (Lipinski definition) is 3. The van der Waals surface area contributed by atoms with E-state index in [1.807, 2.05) is 38.1 Å². The molecule has 4 heteroatoms. The fraction of sp³-hybridized carbons (Fsp3) is 0.176. The number of amides is 1.